The highest BCUT2D eigenvalue weighted by Crippen LogP contribution is 2.28. The fraction of sp³-hybridized carbons (Fsp3) is 0.154. The Hall–Kier alpha value is -2.02. The van der Waals surface area contributed by atoms with Crippen molar-refractivity contribution in [2.45, 2.75) is 12.3 Å². The lowest BCUT2D eigenvalue weighted by Crippen LogP contribution is -1.96. The molecule has 1 heterocycles. The fourth-order valence-corrected chi connectivity index (χ4v) is 1.90. The van der Waals surface area contributed by atoms with Crippen LogP contribution in [0.1, 0.15) is 11.1 Å². The van der Waals surface area contributed by atoms with Crippen LogP contribution in [0.4, 0.5) is 10.1 Å². The van der Waals surface area contributed by atoms with Crippen LogP contribution in [0.15, 0.2) is 30.5 Å². The Kier molecular flexibility index (Phi) is 4.29. The molecule has 0 N–H and O–H groups in total. The number of halogens is 2. The number of hydrogen-bond acceptors (Lipinski definition) is 4. The molecule has 0 aliphatic heterocycles. The number of nitro groups is 1. The van der Waals surface area contributed by atoms with Gasteiger partial charge >= 0.3 is 0 Å². The summed E-state index contributed by atoms with van der Waals surface area (Å²) in [5, 5.41) is 11.2. The maximum Gasteiger partial charge on any atom is 0.272 e. The van der Waals surface area contributed by atoms with E-state index in [0.29, 0.717) is 5.33 Å². The Morgan fingerprint density at radius 2 is 2.20 bits per heavy atom. The smallest absolute Gasteiger partial charge is 0.272 e. The third-order valence-corrected chi connectivity index (χ3v) is 3.22. The Morgan fingerprint density at radius 3 is 2.75 bits per heavy atom. The number of pyridine rings is 1. The van der Waals surface area contributed by atoms with E-state index in [1.165, 1.54) is 12.1 Å². The van der Waals surface area contributed by atoms with Crippen molar-refractivity contribution in [3.8, 4) is 11.6 Å². The predicted octanol–water partition coefficient (Wildman–Crippen LogP) is 4.12. The number of rotatable bonds is 4. The molecule has 1 aromatic heterocycles. The third-order valence-electron chi connectivity index (χ3n) is 2.57. The van der Waals surface area contributed by atoms with Gasteiger partial charge in [0.15, 0.2) is 11.6 Å². The fourth-order valence-electron chi connectivity index (χ4n) is 1.59. The molecule has 104 valence electrons. The van der Waals surface area contributed by atoms with Gasteiger partial charge in [0.25, 0.3) is 5.69 Å². The van der Waals surface area contributed by atoms with E-state index in [9.17, 15) is 14.5 Å². The quantitative estimate of drug-likeness (QED) is 0.477. The largest absolute Gasteiger partial charge is 0.436 e. The van der Waals surface area contributed by atoms with Crippen molar-refractivity contribution in [3.05, 3.63) is 57.5 Å². The number of nitro benzene ring substituents is 1. The molecular formula is C13H10BrFN2O3. The maximum atomic E-state index is 13.7. The number of non-ortho nitro benzene ring substituents is 1. The van der Waals surface area contributed by atoms with Crippen LogP contribution in [-0.2, 0) is 5.33 Å². The first-order valence-corrected chi connectivity index (χ1v) is 6.76. The van der Waals surface area contributed by atoms with E-state index in [2.05, 4.69) is 20.9 Å². The van der Waals surface area contributed by atoms with Crippen LogP contribution in [0, 0.1) is 22.9 Å². The van der Waals surface area contributed by atoms with Gasteiger partial charge in [-0.25, -0.2) is 9.37 Å². The van der Waals surface area contributed by atoms with Gasteiger partial charge in [0, 0.05) is 23.2 Å². The number of aromatic nitrogens is 1. The predicted molar refractivity (Wildman–Crippen MR) is 74.7 cm³/mol. The van der Waals surface area contributed by atoms with E-state index in [1.54, 1.807) is 13.1 Å². The first-order chi connectivity index (χ1) is 9.51. The lowest BCUT2D eigenvalue weighted by Gasteiger charge is -2.09. The van der Waals surface area contributed by atoms with Crippen LogP contribution in [0.25, 0.3) is 0 Å². The Morgan fingerprint density at radius 1 is 1.45 bits per heavy atom. The molecule has 7 heteroatoms. The minimum absolute atomic E-state index is 0.0993. The molecule has 0 aliphatic carbocycles. The van der Waals surface area contributed by atoms with Crippen molar-refractivity contribution in [2.24, 2.45) is 0 Å². The lowest BCUT2D eigenvalue weighted by atomic mass is 10.2. The molecule has 0 amide bonds. The Balaban J connectivity index is 2.28. The van der Waals surface area contributed by atoms with Crippen molar-refractivity contribution in [1.29, 1.82) is 0 Å². The first kappa shape index (κ1) is 14.4. The number of ether oxygens (including phenoxy) is 1. The highest BCUT2D eigenvalue weighted by atomic mass is 79.9. The SMILES string of the molecule is Cc1cc(CBr)cnc1Oc1ccc([N+](=O)[O-])cc1F. The normalized spacial score (nSPS) is 10.3. The maximum absolute atomic E-state index is 13.7. The van der Waals surface area contributed by atoms with E-state index in [4.69, 9.17) is 4.74 Å². The molecule has 0 bridgehead atoms. The summed E-state index contributed by atoms with van der Waals surface area (Å²) in [6.45, 7) is 1.79. The van der Waals surface area contributed by atoms with Crippen LogP contribution in [0.2, 0.25) is 0 Å². The molecule has 2 aromatic rings. The van der Waals surface area contributed by atoms with E-state index >= 15 is 0 Å². The van der Waals surface area contributed by atoms with Gasteiger partial charge < -0.3 is 4.74 Å². The second kappa shape index (κ2) is 5.96. The minimum atomic E-state index is -0.801. The summed E-state index contributed by atoms with van der Waals surface area (Å²) in [6, 6.07) is 5.07. The minimum Gasteiger partial charge on any atom is -0.436 e. The lowest BCUT2D eigenvalue weighted by molar-refractivity contribution is -0.385. The summed E-state index contributed by atoms with van der Waals surface area (Å²) in [6.07, 6.45) is 1.61. The molecule has 0 saturated heterocycles. The van der Waals surface area contributed by atoms with Crippen molar-refractivity contribution >= 4 is 21.6 Å². The van der Waals surface area contributed by atoms with Gasteiger partial charge in [-0.2, -0.15) is 0 Å². The topological polar surface area (TPSA) is 65.3 Å². The zero-order valence-corrected chi connectivity index (χ0v) is 12.1. The van der Waals surface area contributed by atoms with Crippen LogP contribution >= 0.6 is 15.9 Å². The zero-order chi connectivity index (χ0) is 14.7. The van der Waals surface area contributed by atoms with Crippen LogP contribution < -0.4 is 4.74 Å². The molecule has 0 spiro atoms. The van der Waals surface area contributed by atoms with Gasteiger partial charge in [-0.1, -0.05) is 15.9 Å². The average molecular weight is 341 g/mol. The summed E-state index contributed by atoms with van der Waals surface area (Å²) in [5.41, 5.74) is 1.40. The van der Waals surface area contributed by atoms with Crippen LogP contribution in [0.5, 0.6) is 11.6 Å². The number of benzene rings is 1. The van der Waals surface area contributed by atoms with Gasteiger partial charge in [-0.3, -0.25) is 10.1 Å². The molecule has 5 nitrogen and oxygen atoms in total. The number of nitrogens with zero attached hydrogens (tertiary/aromatic N) is 2. The molecule has 0 unspecified atom stereocenters. The molecule has 2 rings (SSSR count). The van der Waals surface area contributed by atoms with Crippen molar-refractivity contribution in [3.63, 3.8) is 0 Å². The second-order valence-corrected chi connectivity index (χ2v) is 4.63. The zero-order valence-electron chi connectivity index (χ0n) is 10.5. The van der Waals surface area contributed by atoms with E-state index in [-0.39, 0.29) is 17.3 Å². The van der Waals surface area contributed by atoms with E-state index in [0.717, 1.165) is 17.2 Å². The molecular weight excluding hydrogens is 331 g/mol. The van der Waals surface area contributed by atoms with Crippen molar-refractivity contribution in [2.75, 3.05) is 0 Å². The highest BCUT2D eigenvalue weighted by Gasteiger charge is 2.13. The molecule has 0 saturated carbocycles. The summed E-state index contributed by atoms with van der Waals surface area (Å²) < 4.78 is 19.1. The molecule has 0 aliphatic rings. The Bertz CT molecular complexity index is 664. The molecule has 0 radical (unpaired) electrons. The van der Waals surface area contributed by atoms with Gasteiger partial charge in [0.2, 0.25) is 5.88 Å². The van der Waals surface area contributed by atoms with Gasteiger partial charge in [0.05, 0.1) is 11.0 Å². The number of hydrogen-bond donors (Lipinski definition) is 0. The monoisotopic (exact) mass is 340 g/mol. The number of aryl methyl sites for hydroxylation is 1. The van der Waals surface area contributed by atoms with Crippen LogP contribution in [0.3, 0.4) is 0 Å². The summed E-state index contributed by atoms with van der Waals surface area (Å²) in [7, 11) is 0. The molecule has 20 heavy (non-hydrogen) atoms. The summed E-state index contributed by atoms with van der Waals surface area (Å²) >= 11 is 3.31. The summed E-state index contributed by atoms with van der Waals surface area (Å²) in [4.78, 5) is 14.0. The van der Waals surface area contributed by atoms with E-state index < -0.39 is 10.7 Å². The van der Waals surface area contributed by atoms with Gasteiger partial charge in [-0.15, -0.1) is 0 Å². The van der Waals surface area contributed by atoms with Gasteiger partial charge in [-0.05, 0) is 24.6 Å². The highest BCUT2D eigenvalue weighted by molar-refractivity contribution is 9.08. The standard InChI is InChI=1S/C13H10BrFN2O3/c1-8-4-9(6-14)7-16-13(8)20-12-3-2-10(17(18)19)5-11(12)15/h2-5,7H,6H2,1H3. The Labute approximate surface area is 122 Å². The number of alkyl halides is 1. The molecule has 0 fully saturated rings. The van der Waals surface area contributed by atoms with Crippen molar-refractivity contribution < 1.29 is 14.1 Å². The molecule has 0 atom stereocenters. The average Bonchev–Trinajstić information content (AvgIpc) is 2.42. The van der Waals surface area contributed by atoms with Gasteiger partial charge in [0.1, 0.15) is 0 Å². The second-order valence-electron chi connectivity index (χ2n) is 4.07. The van der Waals surface area contributed by atoms with Crippen LogP contribution in [-0.4, -0.2) is 9.91 Å². The first-order valence-electron chi connectivity index (χ1n) is 5.64. The van der Waals surface area contributed by atoms with E-state index in [1.807, 2.05) is 6.07 Å². The summed E-state index contributed by atoms with van der Waals surface area (Å²) in [5.74, 6) is -0.634. The molecule has 1 aromatic carbocycles. The third kappa shape index (κ3) is 3.11. The van der Waals surface area contributed by atoms with Crippen molar-refractivity contribution in [1.82, 2.24) is 4.98 Å².